The van der Waals surface area contributed by atoms with Crippen LogP contribution in [-0.4, -0.2) is 35.4 Å². The molecule has 4 rings (SSSR count). The summed E-state index contributed by atoms with van der Waals surface area (Å²) in [6, 6.07) is 7.29. The molecule has 0 radical (unpaired) electrons. The van der Waals surface area contributed by atoms with Crippen LogP contribution >= 0.6 is 0 Å². The first-order chi connectivity index (χ1) is 14.8. The lowest BCUT2D eigenvalue weighted by molar-refractivity contribution is -0.137. The molecule has 2 aliphatic heterocycles. The average Bonchev–Trinajstić information content (AvgIpc) is 2.76. The van der Waals surface area contributed by atoms with Crippen molar-refractivity contribution in [2.75, 3.05) is 25.0 Å². The van der Waals surface area contributed by atoms with Crippen LogP contribution in [0.4, 0.5) is 19.0 Å². The van der Waals surface area contributed by atoms with Gasteiger partial charge in [-0.05, 0) is 51.4 Å². The summed E-state index contributed by atoms with van der Waals surface area (Å²) in [7, 11) is 0. The van der Waals surface area contributed by atoms with Gasteiger partial charge >= 0.3 is 6.18 Å². The molecule has 1 saturated heterocycles. The minimum absolute atomic E-state index is 0.0196. The van der Waals surface area contributed by atoms with Crippen molar-refractivity contribution in [3.8, 4) is 11.4 Å². The van der Waals surface area contributed by atoms with Gasteiger partial charge in [0.15, 0.2) is 5.82 Å². The van der Waals surface area contributed by atoms with Crippen molar-refractivity contribution in [3.05, 3.63) is 53.0 Å². The maximum Gasteiger partial charge on any atom is 0.417 e. The van der Waals surface area contributed by atoms with Crippen molar-refractivity contribution < 1.29 is 13.2 Å². The zero-order chi connectivity index (χ0) is 22.0. The van der Waals surface area contributed by atoms with Gasteiger partial charge in [-0.3, -0.25) is 4.99 Å². The number of nitrogens with one attached hydrogen (secondary N) is 3. The minimum atomic E-state index is -4.49. The molecule has 0 amide bonds. The number of aliphatic imine (C=N–C) groups is 1. The molecule has 1 aromatic heterocycles. The maximum absolute atomic E-state index is 13.6. The lowest BCUT2D eigenvalue weighted by atomic mass is 9.94. The number of hydrogen-bond donors (Lipinski definition) is 3. The standard InChI is InChI=1S/C22H25F3N6/c1-13-12-27-14(2)28-20(13)30-19-11-18(15-7-9-26-10-8-15)29-21(31-19)16-5-3-4-6-17(16)22(23,24)25/h3-6,11,15,26H,7-10,12H2,1-2H3,(H,27,28)(H,29,30,31). The molecule has 0 aliphatic carbocycles. The Hall–Kier alpha value is -2.94. The topological polar surface area (TPSA) is 74.2 Å². The first kappa shape index (κ1) is 21.3. The number of alkyl halides is 3. The van der Waals surface area contributed by atoms with Crippen LogP contribution in [0, 0.1) is 0 Å². The maximum atomic E-state index is 13.6. The smallest absolute Gasteiger partial charge is 0.331 e. The number of halogens is 3. The van der Waals surface area contributed by atoms with Gasteiger partial charge in [0, 0.05) is 23.2 Å². The Morgan fingerprint density at radius 2 is 1.81 bits per heavy atom. The highest BCUT2D eigenvalue weighted by Crippen LogP contribution is 2.37. The number of rotatable bonds is 4. The Labute approximate surface area is 179 Å². The molecule has 31 heavy (non-hydrogen) atoms. The molecular formula is C22H25F3N6. The molecule has 3 N–H and O–H groups in total. The third-order valence-electron chi connectivity index (χ3n) is 5.52. The van der Waals surface area contributed by atoms with Crippen LogP contribution in [0.5, 0.6) is 0 Å². The van der Waals surface area contributed by atoms with Crippen molar-refractivity contribution in [1.29, 1.82) is 0 Å². The highest BCUT2D eigenvalue weighted by molar-refractivity contribution is 5.83. The fourth-order valence-corrected chi connectivity index (χ4v) is 3.81. The normalized spacial score (nSPS) is 17.9. The summed E-state index contributed by atoms with van der Waals surface area (Å²) < 4.78 is 40.9. The Balaban J connectivity index is 1.78. The van der Waals surface area contributed by atoms with Gasteiger partial charge in [-0.2, -0.15) is 13.2 Å². The molecule has 164 valence electrons. The van der Waals surface area contributed by atoms with E-state index in [1.165, 1.54) is 12.1 Å². The quantitative estimate of drug-likeness (QED) is 0.675. The Morgan fingerprint density at radius 3 is 2.55 bits per heavy atom. The predicted molar refractivity (Wildman–Crippen MR) is 115 cm³/mol. The number of benzene rings is 1. The van der Waals surface area contributed by atoms with Crippen molar-refractivity contribution >= 4 is 11.7 Å². The first-order valence-electron chi connectivity index (χ1n) is 10.3. The van der Waals surface area contributed by atoms with Crippen LogP contribution in [0.3, 0.4) is 0 Å². The second kappa shape index (κ2) is 8.66. The molecule has 9 heteroatoms. The van der Waals surface area contributed by atoms with Gasteiger partial charge < -0.3 is 16.0 Å². The van der Waals surface area contributed by atoms with E-state index in [9.17, 15) is 13.2 Å². The van der Waals surface area contributed by atoms with Crippen LogP contribution in [-0.2, 0) is 6.18 Å². The Bertz CT molecular complexity index is 1020. The highest BCUT2D eigenvalue weighted by atomic mass is 19.4. The van der Waals surface area contributed by atoms with Gasteiger partial charge in [0.05, 0.1) is 17.9 Å². The summed E-state index contributed by atoms with van der Waals surface area (Å²) in [4.78, 5) is 13.4. The fraction of sp³-hybridized carbons (Fsp3) is 0.409. The van der Waals surface area contributed by atoms with Crippen molar-refractivity contribution in [3.63, 3.8) is 0 Å². The zero-order valence-corrected chi connectivity index (χ0v) is 17.5. The van der Waals surface area contributed by atoms with Crippen LogP contribution in [0.1, 0.15) is 43.9 Å². The van der Waals surface area contributed by atoms with E-state index < -0.39 is 11.7 Å². The third-order valence-corrected chi connectivity index (χ3v) is 5.52. The van der Waals surface area contributed by atoms with E-state index in [0.29, 0.717) is 12.4 Å². The molecule has 0 atom stereocenters. The summed E-state index contributed by atoms with van der Waals surface area (Å²) in [6.07, 6.45) is -2.74. The summed E-state index contributed by atoms with van der Waals surface area (Å²) in [5, 5.41) is 9.74. The van der Waals surface area contributed by atoms with Crippen LogP contribution in [0.15, 0.2) is 46.7 Å². The van der Waals surface area contributed by atoms with Crippen LogP contribution in [0.2, 0.25) is 0 Å². The summed E-state index contributed by atoms with van der Waals surface area (Å²) in [5.74, 6) is 2.22. The molecule has 0 unspecified atom stereocenters. The third kappa shape index (κ3) is 4.87. The number of hydrogen-bond acceptors (Lipinski definition) is 6. The molecule has 0 saturated carbocycles. The zero-order valence-electron chi connectivity index (χ0n) is 17.5. The summed E-state index contributed by atoms with van der Waals surface area (Å²) >= 11 is 0. The lowest BCUT2D eigenvalue weighted by Crippen LogP contribution is -2.30. The van der Waals surface area contributed by atoms with Crippen molar-refractivity contribution in [1.82, 2.24) is 20.6 Å². The van der Waals surface area contributed by atoms with Gasteiger partial charge in [-0.1, -0.05) is 18.2 Å². The second-order valence-electron chi connectivity index (χ2n) is 7.88. The number of piperidine rings is 1. The van der Waals surface area contributed by atoms with E-state index in [0.717, 1.165) is 54.9 Å². The molecule has 2 aromatic rings. The monoisotopic (exact) mass is 430 g/mol. The highest BCUT2D eigenvalue weighted by Gasteiger charge is 2.34. The molecule has 1 aromatic carbocycles. The average molecular weight is 430 g/mol. The Kier molecular flexibility index (Phi) is 5.95. The minimum Gasteiger partial charge on any atom is -0.331 e. The lowest BCUT2D eigenvalue weighted by Gasteiger charge is -2.24. The summed E-state index contributed by atoms with van der Waals surface area (Å²) in [6.45, 7) is 6.07. The molecule has 1 fully saturated rings. The summed E-state index contributed by atoms with van der Waals surface area (Å²) in [5.41, 5.74) is 0.988. The van der Waals surface area contributed by atoms with Gasteiger partial charge in [-0.15, -0.1) is 0 Å². The van der Waals surface area contributed by atoms with E-state index in [-0.39, 0.29) is 17.3 Å². The van der Waals surface area contributed by atoms with E-state index in [1.807, 2.05) is 19.9 Å². The number of nitrogens with zero attached hydrogens (tertiary/aromatic N) is 3. The van der Waals surface area contributed by atoms with Gasteiger partial charge in [-0.25, -0.2) is 9.97 Å². The largest absolute Gasteiger partial charge is 0.417 e. The van der Waals surface area contributed by atoms with E-state index in [2.05, 4.69) is 30.9 Å². The van der Waals surface area contributed by atoms with E-state index in [1.54, 1.807) is 6.07 Å². The molecule has 3 heterocycles. The molecule has 2 aliphatic rings. The SMILES string of the molecule is CC1=NCC(C)=C(Nc2cc(C3CCNCC3)nc(-c3ccccc3C(F)(F)F)n2)N1. The molecule has 0 spiro atoms. The molecular weight excluding hydrogens is 405 g/mol. The first-order valence-corrected chi connectivity index (χ1v) is 10.3. The van der Waals surface area contributed by atoms with Gasteiger partial charge in [0.25, 0.3) is 0 Å². The van der Waals surface area contributed by atoms with Crippen LogP contribution < -0.4 is 16.0 Å². The van der Waals surface area contributed by atoms with Crippen LogP contribution in [0.25, 0.3) is 11.4 Å². The molecule has 6 nitrogen and oxygen atoms in total. The number of anilines is 1. The second-order valence-corrected chi connectivity index (χ2v) is 7.88. The van der Waals surface area contributed by atoms with Gasteiger partial charge in [0.2, 0.25) is 0 Å². The fourth-order valence-electron chi connectivity index (χ4n) is 3.81. The van der Waals surface area contributed by atoms with Gasteiger partial charge in [0.1, 0.15) is 11.6 Å². The Morgan fingerprint density at radius 1 is 1.06 bits per heavy atom. The van der Waals surface area contributed by atoms with E-state index in [4.69, 9.17) is 0 Å². The van der Waals surface area contributed by atoms with Crippen molar-refractivity contribution in [2.24, 2.45) is 4.99 Å². The molecule has 0 bridgehead atoms. The van der Waals surface area contributed by atoms with E-state index >= 15 is 0 Å². The number of amidine groups is 1. The number of aromatic nitrogens is 2. The predicted octanol–water partition coefficient (Wildman–Crippen LogP) is 4.29. The van der Waals surface area contributed by atoms with Crippen molar-refractivity contribution in [2.45, 2.75) is 38.8 Å².